The molecule has 2 fully saturated rings. The van der Waals surface area contributed by atoms with Gasteiger partial charge in [0.05, 0.1) is 6.04 Å². The van der Waals surface area contributed by atoms with Gasteiger partial charge in [0.15, 0.2) is 0 Å². The summed E-state index contributed by atoms with van der Waals surface area (Å²) in [5, 5.41) is 0. The highest BCUT2D eigenvalue weighted by atomic mass is 16.2. The third kappa shape index (κ3) is 1.54. The largest absolute Gasteiger partial charge is 0.292 e. The quantitative estimate of drug-likeness (QED) is 0.564. The number of hydrogen-bond acceptors (Lipinski definition) is 3. The number of piperidine rings is 1. The Labute approximate surface area is 83.9 Å². The summed E-state index contributed by atoms with van der Waals surface area (Å²) in [5.41, 5.74) is 0. The normalized spacial score (nSPS) is 30.1. The van der Waals surface area contributed by atoms with Gasteiger partial charge in [0, 0.05) is 13.5 Å². The van der Waals surface area contributed by atoms with Crippen molar-refractivity contribution in [3.05, 3.63) is 0 Å². The SMILES string of the molecule is CN1C(=O)CCC(N2CCCC2)C1=O. The maximum Gasteiger partial charge on any atom is 0.246 e. The maximum absolute atomic E-state index is 11.8. The fourth-order valence-electron chi connectivity index (χ4n) is 2.29. The molecular weight excluding hydrogens is 180 g/mol. The summed E-state index contributed by atoms with van der Waals surface area (Å²) in [6.45, 7) is 2.02. The van der Waals surface area contributed by atoms with Crippen molar-refractivity contribution in [1.82, 2.24) is 9.80 Å². The van der Waals surface area contributed by atoms with Crippen LogP contribution in [0.25, 0.3) is 0 Å². The number of amides is 2. The van der Waals surface area contributed by atoms with E-state index in [1.54, 1.807) is 7.05 Å². The van der Waals surface area contributed by atoms with E-state index in [9.17, 15) is 9.59 Å². The van der Waals surface area contributed by atoms with Crippen LogP contribution in [0.5, 0.6) is 0 Å². The van der Waals surface area contributed by atoms with Crippen molar-refractivity contribution in [2.75, 3.05) is 20.1 Å². The second-order valence-corrected chi connectivity index (χ2v) is 4.09. The fraction of sp³-hybridized carbons (Fsp3) is 0.800. The van der Waals surface area contributed by atoms with Crippen LogP contribution < -0.4 is 0 Å². The van der Waals surface area contributed by atoms with Gasteiger partial charge >= 0.3 is 0 Å². The molecule has 0 bridgehead atoms. The zero-order valence-electron chi connectivity index (χ0n) is 8.53. The first-order valence-electron chi connectivity index (χ1n) is 5.24. The highest BCUT2D eigenvalue weighted by Gasteiger charge is 2.36. The molecule has 14 heavy (non-hydrogen) atoms. The number of hydrogen-bond donors (Lipinski definition) is 0. The molecule has 0 aromatic rings. The van der Waals surface area contributed by atoms with E-state index in [0.717, 1.165) is 13.1 Å². The van der Waals surface area contributed by atoms with Crippen molar-refractivity contribution in [3.63, 3.8) is 0 Å². The monoisotopic (exact) mass is 196 g/mol. The van der Waals surface area contributed by atoms with Crippen molar-refractivity contribution >= 4 is 11.8 Å². The molecule has 2 rings (SSSR count). The zero-order valence-corrected chi connectivity index (χ0v) is 8.53. The zero-order chi connectivity index (χ0) is 10.1. The summed E-state index contributed by atoms with van der Waals surface area (Å²) in [6.07, 6.45) is 3.59. The lowest BCUT2D eigenvalue weighted by Gasteiger charge is -2.33. The predicted octanol–water partition coefficient (Wildman–Crippen LogP) is 0.230. The first kappa shape index (κ1) is 9.65. The number of rotatable bonds is 1. The molecule has 0 saturated carbocycles. The van der Waals surface area contributed by atoms with E-state index in [1.165, 1.54) is 17.7 Å². The average molecular weight is 196 g/mol. The van der Waals surface area contributed by atoms with E-state index in [2.05, 4.69) is 4.90 Å². The van der Waals surface area contributed by atoms with E-state index in [1.807, 2.05) is 0 Å². The first-order chi connectivity index (χ1) is 6.70. The van der Waals surface area contributed by atoms with E-state index in [-0.39, 0.29) is 17.9 Å². The standard InChI is InChI=1S/C10H16N2O2/c1-11-9(13)5-4-8(10(11)14)12-6-2-3-7-12/h8H,2-7H2,1H3. The molecule has 0 radical (unpaired) electrons. The lowest BCUT2D eigenvalue weighted by atomic mass is 10.0. The van der Waals surface area contributed by atoms with Gasteiger partial charge in [0.2, 0.25) is 11.8 Å². The minimum atomic E-state index is -0.0366. The maximum atomic E-state index is 11.8. The van der Waals surface area contributed by atoms with Gasteiger partial charge in [-0.15, -0.1) is 0 Å². The molecule has 0 spiro atoms. The van der Waals surface area contributed by atoms with Gasteiger partial charge in [-0.3, -0.25) is 19.4 Å². The molecular formula is C10H16N2O2. The summed E-state index contributed by atoms with van der Waals surface area (Å²) in [4.78, 5) is 26.5. The van der Waals surface area contributed by atoms with Crippen LogP contribution in [0.1, 0.15) is 25.7 Å². The van der Waals surface area contributed by atoms with Gasteiger partial charge in [0.25, 0.3) is 0 Å². The van der Waals surface area contributed by atoms with Crippen LogP contribution in [0, 0.1) is 0 Å². The minimum absolute atomic E-state index is 0.0110. The Morgan fingerprint density at radius 3 is 2.50 bits per heavy atom. The topological polar surface area (TPSA) is 40.6 Å². The molecule has 2 aliphatic rings. The number of nitrogens with zero attached hydrogens (tertiary/aromatic N) is 2. The predicted molar refractivity (Wildman–Crippen MR) is 51.6 cm³/mol. The lowest BCUT2D eigenvalue weighted by molar-refractivity contribution is -0.150. The van der Waals surface area contributed by atoms with Gasteiger partial charge in [-0.2, -0.15) is 0 Å². The third-order valence-corrected chi connectivity index (χ3v) is 3.20. The Morgan fingerprint density at radius 1 is 1.21 bits per heavy atom. The molecule has 4 heteroatoms. The Hall–Kier alpha value is -0.900. The van der Waals surface area contributed by atoms with Gasteiger partial charge < -0.3 is 0 Å². The van der Waals surface area contributed by atoms with Crippen LogP contribution in [0.15, 0.2) is 0 Å². The number of carbonyl (C=O) groups is 2. The van der Waals surface area contributed by atoms with Gasteiger partial charge in [0.1, 0.15) is 0 Å². The number of imide groups is 1. The number of likely N-dealkylation sites (N-methyl/N-ethyl adjacent to an activating group) is 1. The minimum Gasteiger partial charge on any atom is -0.292 e. The van der Waals surface area contributed by atoms with Crippen molar-refractivity contribution in [2.24, 2.45) is 0 Å². The van der Waals surface area contributed by atoms with Crippen LogP contribution >= 0.6 is 0 Å². The van der Waals surface area contributed by atoms with Crippen LogP contribution in [0.4, 0.5) is 0 Å². The van der Waals surface area contributed by atoms with E-state index in [4.69, 9.17) is 0 Å². The van der Waals surface area contributed by atoms with Crippen LogP contribution in [-0.2, 0) is 9.59 Å². The molecule has 1 atom stereocenters. The van der Waals surface area contributed by atoms with Gasteiger partial charge in [-0.25, -0.2) is 0 Å². The summed E-state index contributed by atoms with van der Waals surface area (Å²) in [7, 11) is 1.59. The summed E-state index contributed by atoms with van der Waals surface area (Å²) >= 11 is 0. The van der Waals surface area contributed by atoms with E-state index < -0.39 is 0 Å². The van der Waals surface area contributed by atoms with E-state index >= 15 is 0 Å². The molecule has 1 unspecified atom stereocenters. The van der Waals surface area contributed by atoms with Gasteiger partial charge in [-0.05, 0) is 32.4 Å². The van der Waals surface area contributed by atoms with Crippen molar-refractivity contribution < 1.29 is 9.59 Å². The number of carbonyl (C=O) groups excluding carboxylic acids is 2. The second kappa shape index (κ2) is 3.69. The third-order valence-electron chi connectivity index (χ3n) is 3.20. The van der Waals surface area contributed by atoms with Crippen molar-refractivity contribution in [3.8, 4) is 0 Å². The Kier molecular flexibility index (Phi) is 2.54. The molecule has 0 aliphatic carbocycles. The lowest BCUT2D eigenvalue weighted by Crippen LogP contribution is -2.52. The molecule has 2 saturated heterocycles. The summed E-state index contributed by atoms with van der Waals surface area (Å²) in [5.74, 6) is -0.0476. The highest BCUT2D eigenvalue weighted by molar-refractivity contribution is 6.00. The molecule has 4 nitrogen and oxygen atoms in total. The van der Waals surface area contributed by atoms with Crippen LogP contribution in [0.3, 0.4) is 0 Å². The van der Waals surface area contributed by atoms with E-state index in [0.29, 0.717) is 12.8 Å². The smallest absolute Gasteiger partial charge is 0.246 e. The van der Waals surface area contributed by atoms with Crippen LogP contribution in [0.2, 0.25) is 0 Å². The molecule has 78 valence electrons. The number of likely N-dealkylation sites (tertiary alicyclic amines) is 2. The van der Waals surface area contributed by atoms with Gasteiger partial charge in [-0.1, -0.05) is 0 Å². The van der Waals surface area contributed by atoms with Crippen molar-refractivity contribution in [2.45, 2.75) is 31.7 Å². The second-order valence-electron chi connectivity index (χ2n) is 4.09. The van der Waals surface area contributed by atoms with Crippen molar-refractivity contribution in [1.29, 1.82) is 0 Å². The first-order valence-corrected chi connectivity index (χ1v) is 5.24. The average Bonchev–Trinajstić information content (AvgIpc) is 2.67. The highest BCUT2D eigenvalue weighted by Crippen LogP contribution is 2.21. The fourth-order valence-corrected chi connectivity index (χ4v) is 2.29. The molecule has 2 amide bonds. The molecule has 0 aromatic heterocycles. The molecule has 2 aliphatic heterocycles. The van der Waals surface area contributed by atoms with Crippen LogP contribution in [-0.4, -0.2) is 47.8 Å². The molecule has 0 aromatic carbocycles. The summed E-state index contributed by atoms with van der Waals surface area (Å²) < 4.78 is 0. The molecule has 0 N–H and O–H groups in total. The molecule has 2 heterocycles. The Morgan fingerprint density at radius 2 is 1.86 bits per heavy atom. The summed E-state index contributed by atoms with van der Waals surface area (Å²) in [6, 6.07) is -0.0276. The Bertz CT molecular complexity index is 259. The Balaban J connectivity index is 2.05.